The molecule has 0 spiro atoms. The lowest BCUT2D eigenvalue weighted by molar-refractivity contribution is -0.114. The number of benzene rings is 2. The highest BCUT2D eigenvalue weighted by atomic mass is 79.9. The Morgan fingerprint density at radius 3 is 2.36 bits per heavy atom. The molecule has 1 heterocycles. The smallest absolute Gasteiger partial charge is 0.281 e. The maximum atomic E-state index is 13.1. The summed E-state index contributed by atoms with van der Waals surface area (Å²) in [5.41, 5.74) is 1.99. The SMILES string of the molecule is CCOc1cc(OCC)c(/C=C2/C(=O)N(c3ccccc3)C(=S)N2C)cc1Br. The molecule has 0 N–H and O–H groups in total. The lowest BCUT2D eigenvalue weighted by atomic mass is 10.1. The molecule has 2 aromatic carbocycles. The van der Waals surface area contributed by atoms with Crippen molar-refractivity contribution in [3.8, 4) is 11.5 Å². The molecule has 0 aromatic heterocycles. The van der Waals surface area contributed by atoms with E-state index in [1.807, 2.05) is 56.3 Å². The van der Waals surface area contributed by atoms with Crippen LogP contribution in [0, 0.1) is 0 Å². The topological polar surface area (TPSA) is 42.0 Å². The molecule has 3 rings (SSSR count). The average Bonchev–Trinajstić information content (AvgIpc) is 2.89. The van der Waals surface area contributed by atoms with Gasteiger partial charge in [0, 0.05) is 18.7 Å². The van der Waals surface area contributed by atoms with Gasteiger partial charge in [0.15, 0.2) is 5.11 Å². The van der Waals surface area contributed by atoms with E-state index in [4.69, 9.17) is 21.7 Å². The van der Waals surface area contributed by atoms with Gasteiger partial charge >= 0.3 is 0 Å². The highest BCUT2D eigenvalue weighted by molar-refractivity contribution is 9.10. The minimum Gasteiger partial charge on any atom is -0.493 e. The van der Waals surface area contributed by atoms with Crippen LogP contribution in [0.4, 0.5) is 5.69 Å². The van der Waals surface area contributed by atoms with E-state index in [1.165, 1.54) is 4.90 Å². The second-order valence-electron chi connectivity index (χ2n) is 6.03. The zero-order valence-electron chi connectivity index (χ0n) is 15.9. The van der Waals surface area contributed by atoms with Gasteiger partial charge in [0.25, 0.3) is 5.91 Å². The normalized spacial score (nSPS) is 15.5. The largest absolute Gasteiger partial charge is 0.493 e. The fourth-order valence-electron chi connectivity index (χ4n) is 2.92. The van der Waals surface area contributed by atoms with E-state index in [0.717, 1.165) is 15.7 Å². The summed E-state index contributed by atoms with van der Waals surface area (Å²) in [6.45, 7) is 4.89. The van der Waals surface area contributed by atoms with Crippen LogP contribution in [0.3, 0.4) is 0 Å². The van der Waals surface area contributed by atoms with Crippen molar-refractivity contribution in [2.45, 2.75) is 13.8 Å². The number of hydrogen-bond donors (Lipinski definition) is 0. The van der Waals surface area contributed by atoms with Crippen LogP contribution < -0.4 is 14.4 Å². The Hall–Kier alpha value is -2.38. The van der Waals surface area contributed by atoms with Gasteiger partial charge in [-0.15, -0.1) is 0 Å². The van der Waals surface area contributed by atoms with Crippen LogP contribution in [0.2, 0.25) is 0 Å². The van der Waals surface area contributed by atoms with E-state index >= 15 is 0 Å². The number of rotatable bonds is 6. The van der Waals surface area contributed by atoms with E-state index in [0.29, 0.717) is 35.5 Å². The van der Waals surface area contributed by atoms with Crippen molar-refractivity contribution in [1.82, 2.24) is 4.90 Å². The van der Waals surface area contributed by atoms with Crippen molar-refractivity contribution in [2.24, 2.45) is 0 Å². The van der Waals surface area contributed by atoms with Gasteiger partial charge in [0.05, 0.1) is 23.4 Å². The zero-order chi connectivity index (χ0) is 20.3. The van der Waals surface area contributed by atoms with Crippen LogP contribution in [0.25, 0.3) is 6.08 Å². The quantitative estimate of drug-likeness (QED) is 0.455. The molecule has 1 aliphatic rings. The highest BCUT2D eigenvalue weighted by Crippen LogP contribution is 2.36. The molecule has 1 aliphatic heterocycles. The number of carbonyl (C=O) groups excluding carboxylic acids is 1. The number of nitrogens with zero attached hydrogens (tertiary/aromatic N) is 2. The van der Waals surface area contributed by atoms with Gasteiger partial charge in [-0.3, -0.25) is 9.69 Å². The third kappa shape index (κ3) is 3.91. The van der Waals surface area contributed by atoms with Crippen LogP contribution >= 0.6 is 28.1 Å². The van der Waals surface area contributed by atoms with Gasteiger partial charge in [0.1, 0.15) is 17.2 Å². The number of halogens is 1. The maximum Gasteiger partial charge on any atom is 0.281 e. The maximum absolute atomic E-state index is 13.1. The fourth-order valence-corrected chi connectivity index (χ4v) is 3.68. The number of hydrogen-bond acceptors (Lipinski definition) is 4. The van der Waals surface area contributed by atoms with E-state index in [-0.39, 0.29) is 5.91 Å². The molecule has 0 aliphatic carbocycles. The van der Waals surface area contributed by atoms with Crippen LogP contribution in [0.1, 0.15) is 19.4 Å². The summed E-state index contributed by atoms with van der Waals surface area (Å²) in [4.78, 5) is 16.4. The molecule has 5 nitrogen and oxygen atoms in total. The summed E-state index contributed by atoms with van der Waals surface area (Å²) in [7, 11) is 1.79. The summed E-state index contributed by atoms with van der Waals surface area (Å²) < 4.78 is 12.2. The third-order valence-electron chi connectivity index (χ3n) is 4.23. The van der Waals surface area contributed by atoms with Crippen LogP contribution in [0.5, 0.6) is 11.5 Å². The summed E-state index contributed by atoms with van der Waals surface area (Å²) in [6, 6.07) is 13.1. The Morgan fingerprint density at radius 1 is 1.07 bits per heavy atom. The molecule has 0 radical (unpaired) electrons. The molecule has 1 fully saturated rings. The number of carbonyl (C=O) groups is 1. The number of likely N-dealkylation sites (N-methyl/N-ethyl adjacent to an activating group) is 1. The van der Waals surface area contributed by atoms with Crippen molar-refractivity contribution in [3.63, 3.8) is 0 Å². The minimum absolute atomic E-state index is 0.175. The third-order valence-corrected chi connectivity index (χ3v) is 5.31. The molecule has 0 bridgehead atoms. The zero-order valence-corrected chi connectivity index (χ0v) is 18.3. The van der Waals surface area contributed by atoms with Crippen molar-refractivity contribution >= 4 is 50.9 Å². The van der Waals surface area contributed by atoms with E-state index in [2.05, 4.69) is 15.9 Å². The molecule has 0 atom stereocenters. The molecular weight excluding hydrogens is 440 g/mol. The average molecular weight is 461 g/mol. The fraction of sp³-hybridized carbons (Fsp3) is 0.238. The lowest BCUT2D eigenvalue weighted by Crippen LogP contribution is -2.30. The number of thiocarbonyl (C=S) groups is 1. The van der Waals surface area contributed by atoms with Gasteiger partial charge in [-0.05, 0) is 66.3 Å². The van der Waals surface area contributed by atoms with Crippen molar-refractivity contribution in [1.29, 1.82) is 0 Å². The molecule has 7 heteroatoms. The monoisotopic (exact) mass is 460 g/mol. The number of ether oxygens (including phenoxy) is 2. The minimum atomic E-state index is -0.175. The lowest BCUT2D eigenvalue weighted by Gasteiger charge is -2.16. The molecule has 1 saturated heterocycles. The first-order chi connectivity index (χ1) is 13.5. The number of para-hydroxylation sites is 1. The van der Waals surface area contributed by atoms with Crippen molar-refractivity contribution < 1.29 is 14.3 Å². The second kappa shape index (κ2) is 8.75. The Bertz CT molecular complexity index is 931. The first-order valence-electron chi connectivity index (χ1n) is 8.96. The van der Waals surface area contributed by atoms with Gasteiger partial charge in [0.2, 0.25) is 0 Å². The van der Waals surface area contributed by atoms with Crippen LogP contribution in [-0.2, 0) is 4.79 Å². The standard InChI is InChI=1S/C21H21BrN2O3S/c1-4-26-18-13-19(27-5-2)16(22)11-14(18)12-17-20(25)24(21(28)23(17)3)15-9-7-6-8-10-15/h6-13H,4-5H2,1-3H3/b17-12-. The summed E-state index contributed by atoms with van der Waals surface area (Å²) in [5.74, 6) is 1.17. The van der Waals surface area contributed by atoms with Crippen molar-refractivity contribution in [2.75, 3.05) is 25.2 Å². The molecule has 0 saturated carbocycles. The molecule has 0 unspecified atom stereocenters. The molecular formula is C21H21BrN2O3S. The van der Waals surface area contributed by atoms with Crippen LogP contribution in [0.15, 0.2) is 52.6 Å². The van der Waals surface area contributed by atoms with Gasteiger partial charge in [-0.2, -0.15) is 0 Å². The Morgan fingerprint density at radius 2 is 1.71 bits per heavy atom. The van der Waals surface area contributed by atoms with Gasteiger partial charge in [-0.25, -0.2) is 0 Å². The Labute approximate surface area is 178 Å². The Kier molecular flexibility index (Phi) is 6.36. The number of anilines is 1. The molecule has 28 heavy (non-hydrogen) atoms. The molecule has 2 aromatic rings. The summed E-state index contributed by atoms with van der Waals surface area (Å²) in [5, 5.41) is 0.436. The molecule has 146 valence electrons. The second-order valence-corrected chi connectivity index (χ2v) is 7.25. The Balaban J connectivity index is 2.04. The van der Waals surface area contributed by atoms with Gasteiger partial charge < -0.3 is 14.4 Å². The van der Waals surface area contributed by atoms with Gasteiger partial charge in [-0.1, -0.05) is 18.2 Å². The number of amides is 1. The summed E-state index contributed by atoms with van der Waals surface area (Å²) >= 11 is 9.04. The highest BCUT2D eigenvalue weighted by Gasteiger charge is 2.36. The molecule has 1 amide bonds. The predicted octanol–water partition coefficient (Wildman–Crippen LogP) is 4.85. The summed E-state index contributed by atoms with van der Waals surface area (Å²) in [6.07, 6.45) is 1.79. The van der Waals surface area contributed by atoms with E-state index in [9.17, 15) is 4.79 Å². The predicted molar refractivity (Wildman–Crippen MR) is 119 cm³/mol. The first kappa shape index (κ1) is 20.4. The van der Waals surface area contributed by atoms with E-state index in [1.54, 1.807) is 18.0 Å². The first-order valence-corrected chi connectivity index (χ1v) is 10.2. The van der Waals surface area contributed by atoms with Crippen molar-refractivity contribution in [3.05, 3.63) is 58.2 Å². The van der Waals surface area contributed by atoms with E-state index < -0.39 is 0 Å². The van der Waals surface area contributed by atoms with Crippen LogP contribution in [-0.4, -0.2) is 36.2 Å².